The zero-order valence-electron chi connectivity index (χ0n) is 14.4. The van der Waals surface area contributed by atoms with Gasteiger partial charge in [0.05, 0.1) is 27.1 Å². The summed E-state index contributed by atoms with van der Waals surface area (Å²) >= 11 is 0. The van der Waals surface area contributed by atoms with Crippen molar-refractivity contribution in [2.24, 2.45) is 0 Å². The average Bonchev–Trinajstić information content (AvgIpc) is 3.12. The van der Waals surface area contributed by atoms with Crippen LogP contribution in [0.2, 0.25) is 0 Å². The van der Waals surface area contributed by atoms with E-state index in [2.05, 4.69) is 0 Å². The first-order chi connectivity index (χ1) is 12.6. The third kappa shape index (κ3) is 2.20. The maximum atomic E-state index is 13.0. The second-order valence-corrected chi connectivity index (χ2v) is 6.25. The number of allylic oxidation sites excluding steroid dienone is 2. The number of methoxy groups -OCH3 is 2. The van der Waals surface area contributed by atoms with Crippen LogP contribution in [0.3, 0.4) is 0 Å². The number of carbonyl (C=O) groups is 3. The lowest BCUT2D eigenvalue weighted by Gasteiger charge is -2.07. The minimum atomic E-state index is -0.484. The quantitative estimate of drug-likeness (QED) is 0.794. The molecular formula is C21H16O5. The van der Waals surface area contributed by atoms with Crippen LogP contribution < -0.4 is 0 Å². The van der Waals surface area contributed by atoms with Gasteiger partial charge in [0.15, 0.2) is 5.78 Å². The van der Waals surface area contributed by atoms with E-state index in [9.17, 15) is 14.4 Å². The summed E-state index contributed by atoms with van der Waals surface area (Å²) < 4.78 is 9.52. The van der Waals surface area contributed by atoms with Crippen LogP contribution in [0.25, 0.3) is 21.9 Å². The molecule has 2 aliphatic rings. The summed E-state index contributed by atoms with van der Waals surface area (Å²) in [5.41, 5.74) is 4.08. The maximum absolute atomic E-state index is 13.0. The van der Waals surface area contributed by atoms with Crippen LogP contribution in [0.4, 0.5) is 0 Å². The monoisotopic (exact) mass is 348 g/mol. The zero-order valence-corrected chi connectivity index (χ0v) is 14.4. The standard InChI is InChI=1S/C21H16O5/c1-25-16(22)9-14-19-12-7-3-5-11-6-4-8-13(18(11)12)20(19)15(21(14)24)10-17(23)26-2/h3-8H,9-10H2,1-2H3. The van der Waals surface area contributed by atoms with Gasteiger partial charge in [-0.1, -0.05) is 36.4 Å². The van der Waals surface area contributed by atoms with Gasteiger partial charge < -0.3 is 9.47 Å². The van der Waals surface area contributed by atoms with Gasteiger partial charge in [0.1, 0.15) is 0 Å². The highest BCUT2D eigenvalue weighted by Gasteiger charge is 2.40. The molecule has 4 rings (SSSR count). The van der Waals surface area contributed by atoms with Gasteiger partial charge in [-0.2, -0.15) is 0 Å². The normalized spacial score (nSPS) is 14.9. The van der Waals surface area contributed by atoms with Crippen LogP contribution in [0.15, 0.2) is 47.5 Å². The van der Waals surface area contributed by atoms with E-state index < -0.39 is 11.9 Å². The molecule has 0 fully saturated rings. The topological polar surface area (TPSA) is 69.7 Å². The van der Waals surface area contributed by atoms with Gasteiger partial charge in [-0.05, 0) is 33.0 Å². The lowest BCUT2D eigenvalue weighted by molar-refractivity contribution is -0.140. The largest absolute Gasteiger partial charge is 0.469 e. The number of carbonyl (C=O) groups excluding carboxylic acids is 3. The molecule has 0 saturated carbocycles. The van der Waals surface area contributed by atoms with Crippen LogP contribution in [0.5, 0.6) is 0 Å². The highest BCUT2D eigenvalue weighted by Crippen LogP contribution is 2.53. The molecular weight excluding hydrogens is 332 g/mol. The Morgan fingerprint density at radius 1 is 0.808 bits per heavy atom. The fourth-order valence-corrected chi connectivity index (χ4v) is 3.83. The van der Waals surface area contributed by atoms with E-state index in [0.717, 1.165) is 33.0 Å². The predicted molar refractivity (Wildman–Crippen MR) is 96.1 cm³/mol. The van der Waals surface area contributed by atoms with Crippen molar-refractivity contribution in [1.29, 1.82) is 0 Å². The van der Waals surface area contributed by atoms with Crippen molar-refractivity contribution in [3.63, 3.8) is 0 Å². The molecule has 0 atom stereocenters. The van der Waals surface area contributed by atoms with E-state index in [0.29, 0.717) is 11.1 Å². The van der Waals surface area contributed by atoms with Gasteiger partial charge in [0.25, 0.3) is 0 Å². The summed E-state index contributed by atoms with van der Waals surface area (Å²) in [6.45, 7) is 0. The number of rotatable bonds is 4. The van der Waals surface area contributed by atoms with Gasteiger partial charge in [-0.25, -0.2) is 0 Å². The number of fused-ring (bicyclic) bond motifs is 3. The molecule has 0 aliphatic heterocycles. The molecule has 0 heterocycles. The van der Waals surface area contributed by atoms with Crippen LogP contribution in [-0.4, -0.2) is 31.9 Å². The second kappa shape index (κ2) is 5.95. The van der Waals surface area contributed by atoms with E-state index in [4.69, 9.17) is 9.47 Å². The number of Topliss-reactive ketones (excluding diaryl/α,β-unsaturated/α-hetero) is 1. The summed E-state index contributed by atoms with van der Waals surface area (Å²) in [6, 6.07) is 11.8. The Labute approximate surface area is 149 Å². The molecule has 0 saturated heterocycles. The first kappa shape index (κ1) is 16.3. The molecule has 2 aromatic carbocycles. The Morgan fingerprint density at radius 3 is 1.69 bits per heavy atom. The summed E-state index contributed by atoms with van der Waals surface area (Å²) in [4.78, 5) is 36.8. The van der Waals surface area contributed by atoms with E-state index >= 15 is 0 Å². The number of ether oxygens (including phenoxy) is 2. The molecule has 0 amide bonds. The van der Waals surface area contributed by atoms with Gasteiger partial charge >= 0.3 is 11.9 Å². The molecule has 5 nitrogen and oxygen atoms in total. The summed E-state index contributed by atoms with van der Waals surface area (Å²) in [6.07, 6.45) is -0.244. The molecule has 0 aromatic heterocycles. The Kier molecular flexibility index (Phi) is 3.72. The molecule has 130 valence electrons. The van der Waals surface area contributed by atoms with Crippen molar-refractivity contribution in [3.8, 4) is 0 Å². The van der Waals surface area contributed by atoms with Crippen molar-refractivity contribution in [1.82, 2.24) is 0 Å². The zero-order chi connectivity index (χ0) is 18.4. The van der Waals surface area contributed by atoms with Gasteiger partial charge in [-0.15, -0.1) is 0 Å². The number of benzene rings is 2. The maximum Gasteiger partial charge on any atom is 0.310 e. The van der Waals surface area contributed by atoms with Crippen molar-refractivity contribution >= 4 is 39.6 Å². The predicted octanol–water partition coefficient (Wildman–Crippen LogP) is 3.07. The minimum absolute atomic E-state index is 0.122. The fraction of sp³-hybridized carbons (Fsp3) is 0.190. The number of ketones is 1. The molecule has 2 aromatic rings. The van der Waals surface area contributed by atoms with Crippen LogP contribution in [-0.2, 0) is 23.9 Å². The van der Waals surface area contributed by atoms with Gasteiger partial charge in [-0.3, -0.25) is 14.4 Å². The summed E-state index contributed by atoms with van der Waals surface area (Å²) in [5.74, 6) is -1.25. The molecule has 0 N–H and O–H groups in total. The molecule has 0 unspecified atom stereocenters. The van der Waals surface area contributed by atoms with Crippen molar-refractivity contribution in [2.45, 2.75) is 12.8 Å². The third-order valence-electron chi connectivity index (χ3n) is 4.94. The molecule has 5 heteroatoms. The molecule has 26 heavy (non-hydrogen) atoms. The molecule has 0 radical (unpaired) electrons. The highest BCUT2D eigenvalue weighted by atomic mass is 16.5. The van der Waals surface area contributed by atoms with Crippen molar-refractivity contribution < 1.29 is 23.9 Å². The van der Waals surface area contributed by atoms with E-state index in [1.165, 1.54) is 14.2 Å². The van der Waals surface area contributed by atoms with Crippen molar-refractivity contribution in [3.05, 3.63) is 58.7 Å². The van der Waals surface area contributed by atoms with Gasteiger partial charge in [0.2, 0.25) is 0 Å². The van der Waals surface area contributed by atoms with Crippen LogP contribution >= 0.6 is 0 Å². The average molecular weight is 348 g/mol. The molecule has 0 spiro atoms. The lowest BCUT2D eigenvalue weighted by Crippen LogP contribution is -2.12. The Bertz CT molecular complexity index is 977. The number of hydrogen-bond donors (Lipinski definition) is 0. The fourth-order valence-electron chi connectivity index (χ4n) is 3.83. The van der Waals surface area contributed by atoms with Crippen LogP contribution in [0.1, 0.15) is 24.0 Å². The third-order valence-corrected chi connectivity index (χ3v) is 4.94. The number of hydrogen-bond acceptors (Lipinski definition) is 5. The van der Waals surface area contributed by atoms with E-state index in [1.807, 2.05) is 36.4 Å². The smallest absolute Gasteiger partial charge is 0.310 e. The lowest BCUT2D eigenvalue weighted by atomic mass is 9.97. The summed E-state index contributed by atoms with van der Waals surface area (Å²) in [7, 11) is 2.58. The van der Waals surface area contributed by atoms with Gasteiger partial charge in [0, 0.05) is 11.1 Å². The van der Waals surface area contributed by atoms with Crippen LogP contribution in [0, 0.1) is 0 Å². The minimum Gasteiger partial charge on any atom is -0.469 e. The Balaban J connectivity index is 2.00. The van der Waals surface area contributed by atoms with E-state index in [-0.39, 0.29) is 18.6 Å². The van der Waals surface area contributed by atoms with Crippen molar-refractivity contribution in [2.75, 3.05) is 14.2 Å². The highest BCUT2D eigenvalue weighted by molar-refractivity contribution is 6.39. The first-order valence-corrected chi connectivity index (χ1v) is 8.24. The molecule has 0 bridgehead atoms. The summed E-state index contributed by atoms with van der Waals surface area (Å²) in [5, 5.41) is 2.09. The second-order valence-electron chi connectivity index (χ2n) is 6.25. The number of esters is 2. The van der Waals surface area contributed by atoms with E-state index in [1.54, 1.807) is 0 Å². The molecule has 2 aliphatic carbocycles. The Hall–Kier alpha value is -3.21. The Morgan fingerprint density at radius 2 is 1.27 bits per heavy atom. The first-order valence-electron chi connectivity index (χ1n) is 8.24. The SMILES string of the molecule is COC(=O)CC1=C2C(=C(CC(=O)OC)C1=O)c1cccc3cccc2c13.